The summed E-state index contributed by atoms with van der Waals surface area (Å²) < 4.78 is 0. The third-order valence-electron chi connectivity index (χ3n) is 7.07. The fourth-order valence-electron chi connectivity index (χ4n) is 4.96. The summed E-state index contributed by atoms with van der Waals surface area (Å²) in [6, 6.07) is 0. The molecule has 0 aromatic rings. The molecule has 0 radical (unpaired) electrons. The van der Waals surface area contributed by atoms with E-state index in [1.54, 1.807) is 0 Å². The minimum atomic E-state index is -0.653. The third kappa shape index (κ3) is 2.80. The normalized spacial score (nSPS) is 35.2. The Kier molecular flexibility index (Phi) is 4.77. The van der Waals surface area contributed by atoms with Crippen molar-refractivity contribution < 1.29 is 14.7 Å². The molecule has 3 atom stereocenters. The highest BCUT2D eigenvalue weighted by molar-refractivity contribution is 6.03. The van der Waals surface area contributed by atoms with E-state index in [1.807, 2.05) is 20.8 Å². The molecule has 1 N–H and O–H groups in total. The maximum Gasteiger partial charge on any atom is 0.235 e. The molecule has 5 heteroatoms. The fourth-order valence-corrected chi connectivity index (χ4v) is 4.96. The second-order valence-corrected chi connectivity index (χ2v) is 8.77. The van der Waals surface area contributed by atoms with E-state index >= 15 is 0 Å². The molecule has 3 fully saturated rings. The first-order chi connectivity index (χ1) is 11.3. The highest BCUT2D eigenvalue weighted by Gasteiger charge is 2.64. The molecule has 2 amide bonds. The summed E-state index contributed by atoms with van der Waals surface area (Å²) in [5.74, 6) is -0.248. The van der Waals surface area contributed by atoms with E-state index in [2.05, 4.69) is 4.90 Å². The van der Waals surface area contributed by atoms with Crippen LogP contribution >= 0.6 is 0 Å². The van der Waals surface area contributed by atoms with Crippen LogP contribution < -0.4 is 0 Å². The molecule has 0 unspecified atom stereocenters. The van der Waals surface area contributed by atoms with Gasteiger partial charge in [-0.3, -0.25) is 14.5 Å². The van der Waals surface area contributed by atoms with Gasteiger partial charge in [0.2, 0.25) is 11.8 Å². The predicted octanol–water partition coefficient (Wildman–Crippen LogP) is 2.03. The lowest BCUT2D eigenvalue weighted by Gasteiger charge is -2.48. The molecule has 2 aliphatic heterocycles. The van der Waals surface area contributed by atoms with Crippen LogP contribution in [0.1, 0.15) is 59.3 Å². The van der Waals surface area contributed by atoms with Crippen molar-refractivity contribution in [3.8, 4) is 0 Å². The molecule has 0 aromatic carbocycles. The van der Waals surface area contributed by atoms with Crippen LogP contribution in [0.4, 0.5) is 0 Å². The van der Waals surface area contributed by atoms with Gasteiger partial charge in [0.1, 0.15) is 0 Å². The second kappa shape index (κ2) is 6.41. The van der Waals surface area contributed by atoms with Gasteiger partial charge in [-0.25, -0.2) is 0 Å². The number of piperidine rings is 1. The maximum absolute atomic E-state index is 13.0. The fraction of sp³-hybridized carbons (Fsp3) is 0.895. The van der Waals surface area contributed by atoms with E-state index in [0.29, 0.717) is 6.54 Å². The molecule has 5 nitrogen and oxygen atoms in total. The van der Waals surface area contributed by atoms with E-state index < -0.39 is 11.5 Å². The number of carbonyl (C=O) groups excluding carboxylic acids is 2. The van der Waals surface area contributed by atoms with Crippen LogP contribution in [0, 0.1) is 16.7 Å². The van der Waals surface area contributed by atoms with Crippen LogP contribution in [0.5, 0.6) is 0 Å². The molecule has 1 aliphatic carbocycles. The van der Waals surface area contributed by atoms with Crippen LogP contribution in [0.2, 0.25) is 0 Å². The Balaban J connectivity index is 1.66. The molecular formula is C19H32N2O3. The molecule has 0 spiro atoms. The van der Waals surface area contributed by atoms with Crippen molar-refractivity contribution >= 4 is 11.8 Å². The van der Waals surface area contributed by atoms with Crippen LogP contribution in [-0.4, -0.2) is 59.0 Å². The highest BCUT2D eigenvalue weighted by Crippen LogP contribution is 2.60. The number of hydrogen-bond donors (Lipinski definition) is 1. The van der Waals surface area contributed by atoms with Gasteiger partial charge in [0.15, 0.2) is 0 Å². The number of aliphatic hydroxyl groups is 1. The van der Waals surface area contributed by atoms with Gasteiger partial charge >= 0.3 is 0 Å². The number of β-amino-alcohol motifs (C(OH)–C–C–N with tert-alkyl or cyclic N) is 1. The van der Waals surface area contributed by atoms with Crippen molar-refractivity contribution in [3.05, 3.63) is 0 Å². The topological polar surface area (TPSA) is 60.9 Å². The molecule has 2 bridgehead atoms. The minimum absolute atomic E-state index is 0.0742. The largest absolute Gasteiger partial charge is 0.390 e. The van der Waals surface area contributed by atoms with Gasteiger partial charge < -0.3 is 10.0 Å². The standard InChI is InChI=1S/C19H32N2O3/c1-18(2)15-8-9-19(18,3)17(24)21(16(15)23)13-14(22)12-20-10-6-4-5-7-11-20/h14-15,22H,4-13H2,1-3H3/t14-,15-,19-/m0/s1. The van der Waals surface area contributed by atoms with Crippen LogP contribution in [-0.2, 0) is 9.59 Å². The molecular weight excluding hydrogens is 304 g/mol. The second-order valence-electron chi connectivity index (χ2n) is 8.77. The maximum atomic E-state index is 13.0. The summed E-state index contributed by atoms with van der Waals surface area (Å²) in [7, 11) is 0. The molecule has 3 aliphatic rings. The number of carbonyl (C=O) groups is 2. The Morgan fingerprint density at radius 1 is 1.08 bits per heavy atom. The van der Waals surface area contributed by atoms with Crippen molar-refractivity contribution in [2.24, 2.45) is 16.7 Å². The van der Waals surface area contributed by atoms with Gasteiger partial charge in [0, 0.05) is 12.5 Å². The van der Waals surface area contributed by atoms with Gasteiger partial charge in [-0.1, -0.05) is 33.6 Å². The van der Waals surface area contributed by atoms with Crippen LogP contribution in [0.25, 0.3) is 0 Å². The van der Waals surface area contributed by atoms with Crippen molar-refractivity contribution in [3.63, 3.8) is 0 Å². The van der Waals surface area contributed by atoms with E-state index in [-0.39, 0.29) is 29.7 Å². The number of amides is 2. The average molecular weight is 336 g/mol. The SMILES string of the molecule is CC1(C)[C@H]2CC[C@@]1(C)C(=O)N(C[C@@H](O)CN1CCCCCC1)C2=O. The molecule has 0 aromatic heterocycles. The number of hydrogen-bond acceptors (Lipinski definition) is 4. The van der Waals surface area contributed by atoms with E-state index in [0.717, 1.165) is 25.9 Å². The van der Waals surface area contributed by atoms with Crippen molar-refractivity contribution in [1.82, 2.24) is 9.80 Å². The smallest absolute Gasteiger partial charge is 0.235 e. The van der Waals surface area contributed by atoms with Crippen molar-refractivity contribution in [2.75, 3.05) is 26.2 Å². The van der Waals surface area contributed by atoms with E-state index in [1.165, 1.54) is 30.6 Å². The monoisotopic (exact) mass is 336 g/mol. The third-order valence-corrected chi connectivity index (χ3v) is 7.07. The lowest BCUT2D eigenvalue weighted by atomic mass is 9.62. The molecule has 3 rings (SSSR count). The summed E-state index contributed by atoms with van der Waals surface area (Å²) >= 11 is 0. The Hall–Kier alpha value is -0.940. The van der Waals surface area contributed by atoms with Crippen LogP contribution in [0.15, 0.2) is 0 Å². The Labute approximate surface area is 145 Å². The quantitative estimate of drug-likeness (QED) is 0.798. The lowest BCUT2D eigenvalue weighted by Crippen LogP contribution is -2.60. The minimum Gasteiger partial charge on any atom is -0.390 e. The summed E-state index contributed by atoms with van der Waals surface area (Å²) in [6.07, 6.45) is 5.75. The highest BCUT2D eigenvalue weighted by atomic mass is 16.3. The first-order valence-corrected chi connectivity index (χ1v) is 9.53. The summed E-state index contributed by atoms with van der Waals surface area (Å²) in [6.45, 7) is 8.81. The number of aliphatic hydroxyl groups excluding tert-OH is 1. The molecule has 136 valence electrons. The summed E-state index contributed by atoms with van der Waals surface area (Å²) in [5, 5.41) is 10.5. The zero-order valence-corrected chi connectivity index (χ0v) is 15.4. The lowest BCUT2D eigenvalue weighted by molar-refractivity contribution is -0.169. The number of imide groups is 1. The zero-order chi connectivity index (χ0) is 17.5. The number of fused-ring (bicyclic) bond motifs is 2. The summed E-state index contributed by atoms with van der Waals surface area (Å²) in [4.78, 5) is 29.4. The van der Waals surface area contributed by atoms with E-state index in [4.69, 9.17) is 0 Å². The Morgan fingerprint density at radius 2 is 1.71 bits per heavy atom. The molecule has 2 saturated heterocycles. The Bertz CT molecular complexity index is 511. The first-order valence-electron chi connectivity index (χ1n) is 9.53. The van der Waals surface area contributed by atoms with Gasteiger partial charge in [-0.05, 0) is 44.2 Å². The van der Waals surface area contributed by atoms with Crippen LogP contribution in [0.3, 0.4) is 0 Å². The van der Waals surface area contributed by atoms with Gasteiger partial charge in [0.25, 0.3) is 0 Å². The van der Waals surface area contributed by atoms with Gasteiger partial charge in [-0.2, -0.15) is 0 Å². The predicted molar refractivity (Wildman–Crippen MR) is 92.2 cm³/mol. The van der Waals surface area contributed by atoms with E-state index in [9.17, 15) is 14.7 Å². The van der Waals surface area contributed by atoms with Gasteiger partial charge in [-0.15, -0.1) is 0 Å². The number of likely N-dealkylation sites (tertiary alicyclic amines) is 2. The zero-order valence-electron chi connectivity index (χ0n) is 15.4. The molecule has 2 heterocycles. The Morgan fingerprint density at radius 3 is 2.33 bits per heavy atom. The average Bonchev–Trinajstić information content (AvgIpc) is 2.70. The summed E-state index contributed by atoms with van der Waals surface area (Å²) in [5.41, 5.74) is -0.763. The number of nitrogens with zero attached hydrogens (tertiary/aromatic N) is 2. The first kappa shape index (κ1) is 17.9. The van der Waals surface area contributed by atoms with Crippen molar-refractivity contribution in [1.29, 1.82) is 0 Å². The molecule has 1 saturated carbocycles. The van der Waals surface area contributed by atoms with Crippen molar-refractivity contribution in [2.45, 2.75) is 65.4 Å². The number of rotatable bonds is 4. The molecule has 24 heavy (non-hydrogen) atoms. The van der Waals surface area contributed by atoms with Gasteiger partial charge in [0.05, 0.1) is 18.1 Å².